The molecule has 0 amide bonds. The molecule has 1 saturated heterocycles. The van der Waals surface area contributed by atoms with Gasteiger partial charge < -0.3 is 24.4 Å². The van der Waals surface area contributed by atoms with Crippen LogP contribution in [0.15, 0.2) is 18.2 Å². The lowest BCUT2D eigenvalue weighted by Gasteiger charge is -2.18. The highest BCUT2D eigenvalue weighted by Crippen LogP contribution is 2.38. The van der Waals surface area contributed by atoms with Crippen LogP contribution in [0.1, 0.15) is 11.7 Å². The summed E-state index contributed by atoms with van der Waals surface area (Å²) < 4.78 is 15.4. The van der Waals surface area contributed by atoms with Crippen LogP contribution in [0.5, 0.6) is 11.5 Å². The van der Waals surface area contributed by atoms with Gasteiger partial charge in [0, 0.05) is 0 Å². The van der Waals surface area contributed by atoms with Crippen molar-refractivity contribution in [3.63, 3.8) is 0 Å². The Morgan fingerprint density at radius 1 is 1.26 bits per heavy atom. The van der Waals surface area contributed by atoms with Gasteiger partial charge in [-0.15, -0.1) is 0 Å². The van der Waals surface area contributed by atoms with Crippen LogP contribution in [0.4, 0.5) is 0 Å². The van der Waals surface area contributed by atoms with Crippen LogP contribution >= 0.6 is 0 Å². The first-order valence-corrected chi connectivity index (χ1v) is 5.83. The number of hydrogen-bond acceptors (Lipinski definition) is 6. The van der Waals surface area contributed by atoms with E-state index in [-0.39, 0.29) is 6.61 Å². The van der Waals surface area contributed by atoms with Gasteiger partial charge in [-0.25, -0.2) is 4.79 Å². The van der Waals surface area contributed by atoms with Gasteiger partial charge >= 0.3 is 5.97 Å². The molecule has 0 saturated carbocycles. The summed E-state index contributed by atoms with van der Waals surface area (Å²) in [7, 11) is 3.02. The molecule has 0 aliphatic carbocycles. The van der Waals surface area contributed by atoms with Crippen LogP contribution in [0.25, 0.3) is 0 Å². The molecule has 3 atom stereocenters. The molecule has 1 aromatic carbocycles. The quantitative estimate of drug-likeness (QED) is 0.762. The molecule has 0 aromatic heterocycles. The third-order valence-electron chi connectivity index (χ3n) is 3.23. The molecule has 1 fully saturated rings. The summed E-state index contributed by atoms with van der Waals surface area (Å²) in [6.07, 6.45) is -1.99. The van der Waals surface area contributed by atoms with Gasteiger partial charge in [-0.3, -0.25) is 0 Å². The van der Waals surface area contributed by atoms with E-state index >= 15 is 0 Å². The fraction of sp³-hybridized carbons (Fsp3) is 0.462. The Labute approximate surface area is 110 Å². The number of carbonyl (C=O) groups excluding carboxylic acids is 1. The number of esters is 1. The van der Waals surface area contributed by atoms with Crippen LogP contribution in [0.2, 0.25) is 0 Å². The first kappa shape index (κ1) is 13.6. The summed E-state index contributed by atoms with van der Waals surface area (Å²) >= 11 is 0. The van der Waals surface area contributed by atoms with Gasteiger partial charge in [-0.1, -0.05) is 6.07 Å². The van der Waals surface area contributed by atoms with E-state index < -0.39 is 24.1 Å². The van der Waals surface area contributed by atoms with Crippen molar-refractivity contribution in [3.05, 3.63) is 23.8 Å². The summed E-state index contributed by atoms with van der Waals surface area (Å²) in [5.74, 6) is -0.352. The number of benzene rings is 1. The molecular weight excluding hydrogens is 252 g/mol. The number of aliphatic hydroxyl groups excluding tert-OH is 2. The minimum Gasteiger partial charge on any atom is -0.493 e. The second kappa shape index (κ2) is 5.46. The normalized spacial score (nSPS) is 26.1. The second-order valence-electron chi connectivity index (χ2n) is 4.26. The summed E-state index contributed by atoms with van der Waals surface area (Å²) in [4.78, 5) is 11.4. The van der Waals surface area contributed by atoms with Crippen molar-refractivity contribution in [3.8, 4) is 11.5 Å². The number of cyclic esters (lactones) is 1. The van der Waals surface area contributed by atoms with E-state index in [1.54, 1.807) is 18.2 Å². The van der Waals surface area contributed by atoms with Crippen molar-refractivity contribution in [2.75, 3.05) is 20.8 Å². The number of aliphatic hydroxyl groups is 2. The molecule has 1 aliphatic heterocycles. The third kappa shape index (κ3) is 2.36. The topological polar surface area (TPSA) is 85.2 Å². The Morgan fingerprint density at radius 3 is 2.53 bits per heavy atom. The molecule has 3 unspecified atom stereocenters. The van der Waals surface area contributed by atoms with Crippen LogP contribution in [-0.4, -0.2) is 43.1 Å². The van der Waals surface area contributed by atoms with Crippen LogP contribution in [-0.2, 0) is 9.53 Å². The van der Waals surface area contributed by atoms with Crippen LogP contribution in [0, 0.1) is 5.92 Å². The molecule has 1 heterocycles. The highest BCUT2D eigenvalue weighted by atomic mass is 16.6. The molecular formula is C13H16O6. The van der Waals surface area contributed by atoms with Crippen molar-refractivity contribution >= 4 is 5.97 Å². The maximum absolute atomic E-state index is 11.4. The van der Waals surface area contributed by atoms with E-state index in [2.05, 4.69) is 0 Å². The molecule has 19 heavy (non-hydrogen) atoms. The van der Waals surface area contributed by atoms with Crippen molar-refractivity contribution in [2.45, 2.75) is 12.2 Å². The van der Waals surface area contributed by atoms with E-state index in [0.29, 0.717) is 17.1 Å². The smallest absolute Gasteiger partial charge is 0.336 e. The van der Waals surface area contributed by atoms with Gasteiger partial charge in [0.2, 0.25) is 0 Å². The van der Waals surface area contributed by atoms with Crippen LogP contribution in [0.3, 0.4) is 0 Å². The van der Waals surface area contributed by atoms with Gasteiger partial charge in [0.1, 0.15) is 6.10 Å². The molecule has 1 aliphatic rings. The van der Waals surface area contributed by atoms with Gasteiger partial charge in [0.15, 0.2) is 17.6 Å². The minimum absolute atomic E-state index is 0.341. The van der Waals surface area contributed by atoms with E-state index in [1.165, 1.54) is 14.2 Å². The standard InChI is InChI=1S/C13H16O6/c1-17-9-4-3-7(5-10(9)18-2)12-8(6-14)11(15)13(16)19-12/h3-5,8,11-12,14-15H,6H2,1-2H3. The Kier molecular flexibility index (Phi) is 3.92. The highest BCUT2D eigenvalue weighted by molar-refractivity contribution is 5.77. The van der Waals surface area contributed by atoms with E-state index in [4.69, 9.17) is 14.2 Å². The van der Waals surface area contributed by atoms with Gasteiger partial charge in [0.25, 0.3) is 0 Å². The van der Waals surface area contributed by atoms with Gasteiger partial charge in [-0.05, 0) is 17.7 Å². The lowest BCUT2D eigenvalue weighted by molar-refractivity contribution is -0.147. The molecule has 2 rings (SSSR count). The number of ether oxygens (including phenoxy) is 3. The maximum Gasteiger partial charge on any atom is 0.336 e. The maximum atomic E-state index is 11.4. The predicted octanol–water partition coefficient (Wildman–Crippen LogP) is 0.271. The fourth-order valence-electron chi connectivity index (χ4n) is 2.16. The summed E-state index contributed by atoms with van der Waals surface area (Å²) in [6.45, 7) is -0.341. The van der Waals surface area contributed by atoms with Crippen molar-refractivity contribution < 1.29 is 29.2 Å². The average Bonchev–Trinajstić information content (AvgIpc) is 2.73. The second-order valence-corrected chi connectivity index (χ2v) is 4.26. The van der Waals surface area contributed by atoms with Gasteiger partial charge in [-0.2, -0.15) is 0 Å². The summed E-state index contributed by atoms with van der Waals surface area (Å²) in [5.41, 5.74) is 0.640. The van der Waals surface area contributed by atoms with Crippen molar-refractivity contribution in [2.24, 2.45) is 5.92 Å². The summed E-state index contributed by atoms with van der Waals surface area (Å²) in [6, 6.07) is 5.05. The average molecular weight is 268 g/mol. The number of methoxy groups -OCH3 is 2. The molecule has 1 aromatic rings. The van der Waals surface area contributed by atoms with E-state index in [1.807, 2.05) is 0 Å². The predicted molar refractivity (Wildman–Crippen MR) is 65.0 cm³/mol. The first-order chi connectivity index (χ1) is 9.12. The van der Waals surface area contributed by atoms with Crippen molar-refractivity contribution in [1.29, 1.82) is 0 Å². The van der Waals surface area contributed by atoms with E-state index in [0.717, 1.165) is 0 Å². The third-order valence-corrected chi connectivity index (χ3v) is 3.23. The zero-order valence-corrected chi connectivity index (χ0v) is 10.7. The number of rotatable bonds is 4. The monoisotopic (exact) mass is 268 g/mol. The zero-order chi connectivity index (χ0) is 14.0. The molecule has 0 spiro atoms. The molecule has 6 nitrogen and oxygen atoms in total. The fourth-order valence-corrected chi connectivity index (χ4v) is 2.16. The molecule has 0 bridgehead atoms. The first-order valence-electron chi connectivity index (χ1n) is 5.83. The highest BCUT2D eigenvalue weighted by Gasteiger charge is 2.44. The minimum atomic E-state index is -1.30. The largest absolute Gasteiger partial charge is 0.493 e. The van der Waals surface area contributed by atoms with Gasteiger partial charge in [0.05, 0.1) is 26.7 Å². The number of hydrogen-bond donors (Lipinski definition) is 2. The van der Waals surface area contributed by atoms with Crippen LogP contribution < -0.4 is 9.47 Å². The lowest BCUT2D eigenvalue weighted by atomic mass is 9.94. The number of carbonyl (C=O) groups is 1. The SMILES string of the molecule is COc1ccc(C2OC(=O)C(O)C2CO)cc1OC. The van der Waals surface area contributed by atoms with Crippen molar-refractivity contribution in [1.82, 2.24) is 0 Å². The van der Waals surface area contributed by atoms with E-state index in [9.17, 15) is 15.0 Å². The zero-order valence-electron chi connectivity index (χ0n) is 10.7. The summed E-state index contributed by atoms with van der Waals surface area (Å²) in [5, 5.41) is 18.9. The molecule has 104 valence electrons. The molecule has 6 heteroatoms. The molecule has 2 N–H and O–H groups in total. The molecule has 0 radical (unpaired) electrons. The lowest BCUT2D eigenvalue weighted by Crippen LogP contribution is -2.25. The Bertz CT molecular complexity index is 472. The Balaban J connectivity index is 2.34. The Hall–Kier alpha value is -1.79. The Morgan fingerprint density at radius 2 is 1.95 bits per heavy atom.